The smallest absolute Gasteiger partial charge is 0.253 e. The van der Waals surface area contributed by atoms with Crippen LogP contribution in [0.4, 0.5) is 0 Å². The van der Waals surface area contributed by atoms with Gasteiger partial charge in [0.05, 0.1) is 5.02 Å². The minimum absolute atomic E-state index is 0.0719. The van der Waals surface area contributed by atoms with Gasteiger partial charge in [0.2, 0.25) is 10.0 Å². The summed E-state index contributed by atoms with van der Waals surface area (Å²) < 4.78 is 26.6. The molecule has 1 amide bonds. The third-order valence-corrected chi connectivity index (χ3v) is 4.84. The summed E-state index contributed by atoms with van der Waals surface area (Å²) >= 11 is 5.94. The number of nitrogens with zero attached hydrogens (tertiary/aromatic N) is 1. The van der Waals surface area contributed by atoms with Crippen LogP contribution in [0.5, 0.6) is 0 Å². The van der Waals surface area contributed by atoms with Crippen LogP contribution in [0.25, 0.3) is 0 Å². The SMILES string of the molecule is C=CCNS(=O)(=O)c1cc(C(=O)N(CC)CC)ccc1Cl. The van der Waals surface area contributed by atoms with E-state index in [0.29, 0.717) is 18.7 Å². The second kappa shape index (κ2) is 7.59. The Kier molecular flexibility index (Phi) is 6.39. The van der Waals surface area contributed by atoms with Crippen LogP contribution in [0.15, 0.2) is 35.7 Å². The molecule has 1 rings (SSSR count). The number of hydrogen-bond donors (Lipinski definition) is 1. The van der Waals surface area contributed by atoms with E-state index >= 15 is 0 Å². The minimum Gasteiger partial charge on any atom is -0.339 e. The summed E-state index contributed by atoms with van der Waals surface area (Å²) in [6, 6.07) is 4.24. The fourth-order valence-corrected chi connectivity index (χ4v) is 3.30. The molecule has 21 heavy (non-hydrogen) atoms. The quantitative estimate of drug-likeness (QED) is 0.780. The van der Waals surface area contributed by atoms with Crippen molar-refractivity contribution in [2.24, 2.45) is 0 Å². The van der Waals surface area contributed by atoms with Crippen LogP contribution in [-0.4, -0.2) is 38.9 Å². The first-order valence-corrected chi connectivity index (χ1v) is 8.42. The van der Waals surface area contributed by atoms with E-state index < -0.39 is 10.0 Å². The van der Waals surface area contributed by atoms with Crippen LogP contribution in [0.2, 0.25) is 5.02 Å². The summed E-state index contributed by atoms with van der Waals surface area (Å²) in [6.07, 6.45) is 1.43. The first-order valence-electron chi connectivity index (χ1n) is 6.56. The Bertz CT molecular complexity index is 625. The monoisotopic (exact) mass is 330 g/mol. The molecule has 0 heterocycles. The van der Waals surface area contributed by atoms with Crippen LogP contribution in [0.1, 0.15) is 24.2 Å². The lowest BCUT2D eigenvalue weighted by molar-refractivity contribution is 0.0773. The molecule has 0 fully saturated rings. The van der Waals surface area contributed by atoms with Crippen LogP contribution in [0, 0.1) is 0 Å². The van der Waals surface area contributed by atoms with Gasteiger partial charge in [0.1, 0.15) is 4.90 Å². The van der Waals surface area contributed by atoms with Gasteiger partial charge >= 0.3 is 0 Å². The van der Waals surface area contributed by atoms with Gasteiger partial charge in [-0.25, -0.2) is 13.1 Å². The molecule has 0 radical (unpaired) electrons. The van der Waals surface area contributed by atoms with Crippen LogP contribution in [-0.2, 0) is 10.0 Å². The van der Waals surface area contributed by atoms with E-state index in [1.807, 2.05) is 13.8 Å². The number of rotatable bonds is 7. The molecule has 0 unspecified atom stereocenters. The zero-order valence-corrected chi connectivity index (χ0v) is 13.7. The maximum atomic E-state index is 12.3. The Morgan fingerprint density at radius 1 is 1.38 bits per heavy atom. The van der Waals surface area contributed by atoms with Crippen LogP contribution in [0.3, 0.4) is 0 Å². The summed E-state index contributed by atoms with van der Waals surface area (Å²) in [7, 11) is -3.77. The summed E-state index contributed by atoms with van der Waals surface area (Å²) in [5.41, 5.74) is 0.294. The standard InChI is InChI=1S/C14H19ClN2O3S/c1-4-9-16-21(19,20)13-10-11(7-8-12(13)15)14(18)17(5-2)6-3/h4,7-8,10,16H,1,5-6,9H2,2-3H3. The van der Waals surface area contributed by atoms with Crippen molar-refractivity contribution < 1.29 is 13.2 Å². The van der Waals surface area contributed by atoms with Gasteiger partial charge in [-0.3, -0.25) is 4.79 Å². The maximum Gasteiger partial charge on any atom is 0.253 e. The van der Waals surface area contributed by atoms with Gasteiger partial charge in [-0.15, -0.1) is 6.58 Å². The fraction of sp³-hybridized carbons (Fsp3) is 0.357. The van der Waals surface area contributed by atoms with Gasteiger partial charge in [-0.2, -0.15) is 0 Å². The molecule has 0 aliphatic heterocycles. The molecule has 0 atom stereocenters. The molecule has 7 heteroatoms. The second-order valence-corrected chi connectivity index (χ2v) is 6.41. The molecule has 116 valence electrons. The van der Waals surface area contributed by atoms with E-state index in [9.17, 15) is 13.2 Å². The zero-order chi connectivity index (χ0) is 16.0. The summed E-state index contributed by atoms with van der Waals surface area (Å²) in [5, 5.41) is 0.0719. The van der Waals surface area contributed by atoms with Crippen molar-refractivity contribution in [1.29, 1.82) is 0 Å². The van der Waals surface area contributed by atoms with E-state index in [0.717, 1.165) is 0 Å². The molecule has 1 aromatic rings. The highest BCUT2D eigenvalue weighted by Crippen LogP contribution is 2.23. The van der Waals surface area contributed by atoms with Crippen molar-refractivity contribution >= 4 is 27.5 Å². The number of sulfonamides is 1. The van der Waals surface area contributed by atoms with E-state index in [1.165, 1.54) is 24.3 Å². The number of carbonyl (C=O) groups is 1. The van der Waals surface area contributed by atoms with Crippen LogP contribution < -0.4 is 4.72 Å². The summed E-state index contributed by atoms with van der Waals surface area (Å²) in [6.45, 7) is 8.36. The molecule has 0 saturated carbocycles. The normalized spacial score (nSPS) is 11.2. The molecule has 0 spiro atoms. The van der Waals surface area contributed by atoms with E-state index in [1.54, 1.807) is 4.90 Å². The Labute approximate surface area is 130 Å². The van der Waals surface area contributed by atoms with E-state index in [2.05, 4.69) is 11.3 Å². The van der Waals surface area contributed by atoms with Crippen molar-refractivity contribution in [3.05, 3.63) is 41.4 Å². The van der Waals surface area contributed by atoms with Crippen molar-refractivity contribution in [3.63, 3.8) is 0 Å². The van der Waals surface area contributed by atoms with Gasteiger partial charge in [0, 0.05) is 25.2 Å². The van der Waals surface area contributed by atoms with Gasteiger partial charge < -0.3 is 4.90 Å². The topological polar surface area (TPSA) is 66.5 Å². The molecule has 0 aliphatic rings. The maximum absolute atomic E-state index is 12.3. The lowest BCUT2D eigenvalue weighted by Crippen LogP contribution is -2.31. The number of carbonyl (C=O) groups excluding carboxylic acids is 1. The molecular formula is C14H19ClN2O3S. The van der Waals surface area contributed by atoms with E-state index in [-0.39, 0.29) is 22.4 Å². The zero-order valence-electron chi connectivity index (χ0n) is 12.1. The number of benzene rings is 1. The molecular weight excluding hydrogens is 312 g/mol. The van der Waals surface area contributed by atoms with Crippen LogP contribution >= 0.6 is 11.6 Å². The van der Waals surface area contributed by atoms with Crippen molar-refractivity contribution in [3.8, 4) is 0 Å². The Hall–Kier alpha value is -1.37. The average molecular weight is 331 g/mol. The predicted molar refractivity (Wildman–Crippen MR) is 84.1 cm³/mol. The highest BCUT2D eigenvalue weighted by molar-refractivity contribution is 7.89. The second-order valence-electron chi connectivity index (χ2n) is 4.26. The molecule has 1 N–H and O–H groups in total. The summed E-state index contributed by atoms with van der Waals surface area (Å²) in [4.78, 5) is 13.8. The molecule has 1 aromatic carbocycles. The third-order valence-electron chi connectivity index (χ3n) is 2.94. The number of nitrogens with one attached hydrogen (secondary N) is 1. The summed E-state index contributed by atoms with van der Waals surface area (Å²) in [5.74, 6) is -0.225. The third kappa shape index (κ3) is 4.30. The minimum atomic E-state index is -3.77. The van der Waals surface area contributed by atoms with Gasteiger partial charge in [0.15, 0.2) is 0 Å². The van der Waals surface area contributed by atoms with Gasteiger partial charge in [-0.05, 0) is 32.0 Å². The average Bonchev–Trinajstić information content (AvgIpc) is 2.46. The number of halogens is 1. The van der Waals surface area contributed by atoms with Crippen molar-refractivity contribution in [2.75, 3.05) is 19.6 Å². The molecule has 0 bridgehead atoms. The van der Waals surface area contributed by atoms with Crippen molar-refractivity contribution in [2.45, 2.75) is 18.7 Å². The first kappa shape index (κ1) is 17.7. The lowest BCUT2D eigenvalue weighted by atomic mass is 10.2. The molecule has 5 nitrogen and oxygen atoms in total. The predicted octanol–water partition coefficient (Wildman–Crippen LogP) is 2.29. The lowest BCUT2D eigenvalue weighted by Gasteiger charge is -2.19. The molecule has 0 aliphatic carbocycles. The highest BCUT2D eigenvalue weighted by Gasteiger charge is 2.21. The van der Waals surface area contributed by atoms with Gasteiger partial charge in [0.25, 0.3) is 5.91 Å². The number of hydrogen-bond acceptors (Lipinski definition) is 3. The van der Waals surface area contributed by atoms with E-state index in [4.69, 9.17) is 11.6 Å². The highest BCUT2D eigenvalue weighted by atomic mass is 35.5. The van der Waals surface area contributed by atoms with Gasteiger partial charge in [-0.1, -0.05) is 17.7 Å². The largest absolute Gasteiger partial charge is 0.339 e. The molecule has 0 aromatic heterocycles. The fourth-order valence-electron chi connectivity index (χ4n) is 1.78. The Morgan fingerprint density at radius 2 is 2.00 bits per heavy atom. The molecule has 0 saturated heterocycles. The number of amides is 1. The first-order chi connectivity index (χ1) is 9.87. The Morgan fingerprint density at radius 3 is 2.52 bits per heavy atom. The van der Waals surface area contributed by atoms with Crippen molar-refractivity contribution in [1.82, 2.24) is 9.62 Å². The Balaban J connectivity index is 3.22.